The Morgan fingerprint density at radius 1 is 1.06 bits per heavy atom. The largest absolute Gasteiger partial charge is 0.463 e. The van der Waals surface area contributed by atoms with Crippen LogP contribution in [0.15, 0.2) is 36.4 Å². The highest BCUT2D eigenvalue weighted by Crippen LogP contribution is 2.36. The summed E-state index contributed by atoms with van der Waals surface area (Å²) in [5.74, 6) is -0.280. The molecule has 0 N–H and O–H groups in total. The standard InChI is InChI=1S/C26H31ClO4/c1-5-30-25(29)26(12-10-17(2)11-13-26)31-24(28)16-21-14-19(4)23(15-18(21)3)20-6-8-22(27)9-7-20/h6-9,14-15,17H,5,10-13,16H2,1-4H3. The van der Waals surface area contributed by atoms with Crippen molar-refractivity contribution in [2.24, 2.45) is 5.92 Å². The van der Waals surface area contributed by atoms with E-state index >= 15 is 0 Å². The Morgan fingerprint density at radius 2 is 1.71 bits per heavy atom. The lowest BCUT2D eigenvalue weighted by atomic mass is 9.79. The molecule has 0 aromatic heterocycles. The highest BCUT2D eigenvalue weighted by atomic mass is 35.5. The van der Waals surface area contributed by atoms with Gasteiger partial charge in [-0.1, -0.05) is 42.8 Å². The maximum Gasteiger partial charge on any atom is 0.350 e. The van der Waals surface area contributed by atoms with Gasteiger partial charge in [0.2, 0.25) is 5.60 Å². The molecule has 0 atom stereocenters. The lowest BCUT2D eigenvalue weighted by Gasteiger charge is -2.36. The first kappa shape index (κ1) is 23.3. The van der Waals surface area contributed by atoms with Crippen molar-refractivity contribution >= 4 is 23.5 Å². The van der Waals surface area contributed by atoms with Crippen LogP contribution in [0.25, 0.3) is 11.1 Å². The maximum atomic E-state index is 12.9. The molecule has 0 spiro atoms. The van der Waals surface area contributed by atoms with Gasteiger partial charge >= 0.3 is 11.9 Å². The lowest BCUT2D eigenvalue weighted by molar-refractivity contribution is -0.187. The monoisotopic (exact) mass is 442 g/mol. The Kier molecular flexibility index (Phi) is 7.42. The Morgan fingerprint density at radius 3 is 2.32 bits per heavy atom. The van der Waals surface area contributed by atoms with E-state index < -0.39 is 11.6 Å². The third-order valence-electron chi connectivity index (χ3n) is 6.21. The summed E-state index contributed by atoms with van der Waals surface area (Å²) in [5, 5.41) is 0.699. The van der Waals surface area contributed by atoms with Crippen LogP contribution in [0.3, 0.4) is 0 Å². The summed E-state index contributed by atoms with van der Waals surface area (Å²) in [5.41, 5.74) is 4.03. The second-order valence-electron chi connectivity index (χ2n) is 8.65. The molecular formula is C26H31ClO4. The van der Waals surface area contributed by atoms with Crippen LogP contribution in [-0.4, -0.2) is 24.1 Å². The number of carbonyl (C=O) groups excluding carboxylic acids is 2. The van der Waals surface area contributed by atoms with Gasteiger partial charge in [-0.25, -0.2) is 4.79 Å². The van der Waals surface area contributed by atoms with Gasteiger partial charge in [-0.05, 0) is 92.3 Å². The summed E-state index contributed by atoms with van der Waals surface area (Å²) in [4.78, 5) is 25.5. The minimum atomic E-state index is -1.15. The van der Waals surface area contributed by atoms with E-state index in [0.29, 0.717) is 23.8 Å². The van der Waals surface area contributed by atoms with Gasteiger partial charge in [0.25, 0.3) is 0 Å². The molecule has 0 saturated heterocycles. The van der Waals surface area contributed by atoms with Gasteiger partial charge in [-0.3, -0.25) is 4.79 Å². The zero-order valence-corrected chi connectivity index (χ0v) is 19.6. The molecule has 1 aliphatic carbocycles. The predicted molar refractivity (Wildman–Crippen MR) is 123 cm³/mol. The van der Waals surface area contributed by atoms with Crippen molar-refractivity contribution in [2.45, 2.75) is 65.4 Å². The molecule has 3 rings (SSSR count). The highest BCUT2D eigenvalue weighted by molar-refractivity contribution is 6.30. The smallest absolute Gasteiger partial charge is 0.350 e. The minimum Gasteiger partial charge on any atom is -0.463 e. The molecule has 2 aromatic rings. The molecule has 31 heavy (non-hydrogen) atoms. The molecule has 1 saturated carbocycles. The summed E-state index contributed by atoms with van der Waals surface area (Å²) in [6, 6.07) is 11.8. The molecule has 0 bridgehead atoms. The molecule has 0 radical (unpaired) electrons. The van der Waals surface area contributed by atoms with Gasteiger partial charge in [0.05, 0.1) is 13.0 Å². The Labute approximate surface area is 189 Å². The zero-order chi connectivity index (χ0) is 22.6. The molecular weight excluding hydrogens is 412 g/mol. The zero-order valence-electron chi connectivity index (χ0n) is 18.8. The minimum absolute atomic E-state index is 0.129. The van der Waals surface area contributed by atoms with Crippen molar-refractivity contribution in [1.29, 1.82) is 0 Å². The van der Waals surface area contributed by atoms with E-state index in [0.717, 1.165) is 40.7 Å². The third kappa shape index (κ3) is 5.48. The first-order valence-electron chi connectivity index (χ1n) is 11.0. The fraction of sp³-hybridized carbons (Fsp3) is 0.462. The fourth-order valence-corrected chi connectivity index (χ4v) is 4.38. The summed E-state index contributed by atoms with van der Waals surface area (Å²) in [7, 11) is 0. The van der Waals surface area contributed by atoms with Crippen molar-refractivity contribution in [1.82, 2.24) is 0 Å². The van der Waals surface area contributed by atoms with Gasteiger partial charge in [0.15, 0.2) is 0 Å². The molecule has 0 unspecified atom stereocenters. The number of halogens is 1. The number of ether oxygens (including phenoxy) is 2. The summed E-state index contributed by atoms with van der Waals surface area (Å²) >= 11 is 6.01. The van der Waals surface area contributed by atoms with Gasteiger partial charge in [-0.15, -0.1) is 0 Å². The molecule has 5 heteroatoms. The van der Waals surface area contributed by atoms with E-state index in [9.17, 15) is 9.59 Å². The second kappa shape index (κ2) is 9.86. The third-order valence-corrected chi connectivity index (χ3v) is 6.46. The average Bonchev–Trinajstić information content (AvgIpc) is 2.73. The first-order chi connectivity index (χ1) is 14.7. The maximum absolute atomic E-state index is 12.9. The van der Waals surface area contributed by atoms with Crippen LogP contribution in [0, 0.1) is 19.8 Å². The number of esters is 2. The Hall–Kier alpha value is -2.33. The van der Waals surface area contributed by atoms with E-state index in [1.165, 1.54) is 0 Å². The number of hydrogen-bond donors (Lipinski definition) is 0. The van der Waals surface area contributed by atoms with Crippen molar-refractivity contribution in [3.05, 3.63) is 58.1 Å². The Bertz CT molecular complexity index is 941. The average molecular weight is 443 g/mol. The molecule has 4 nitrogen and oxygen atoms in total. The van der Waals surface area contributed by atoms with E-state index in [2.05, 4.69) is 13.0 Å². The summed E-state index contributed by atoms with van der Waals surface area (Å²) < 4.78 is 11.1. The van der Waals surface area contributed by atoms with E-state index in [1.807, 2.05) is 44.2 Å². The quantitative estimate of drug-likeness (QED) is 0.498. The predicted octanol–water partition coefficient (Wildman–Crippen LogP) is 6.22. The van der Waals surface area contributed by atoms with Crippen molar-refractivity contribution in [3.8, 4) is 11.1 Å². The van der Waals surface area contributed by atoms with Crippen LogP contribution in [0.1, 0.15) is 56.2 Å². The van der Waals surface area contributed by atoms with Gasteiger partial charge in [0, 0.05) is 5.02 Å². The summed E-state index contributed by atoms with van der Waals surface area (Å²) in [6.07, 6.45) is 2.86. The Balaban J connectivity index is 1.78. The van der Waals surface area contributed by atoms with Crippen LogP contribution < -0.4 is 0 Å². The number of hydrogen-bond acceptors (Lipinski definition) is 4. The van der Waals surface area contributed by atoms with Crippen molar-refractivity contribution in [2.75, 3.05) is 6.61 Å². The van der Waals surface area contributed by atoms with Crippen LogP contribution >= 0.6 is 11.6 Å². The molecule has 2 aromatic carbocycles. The molecule has 1 aliphatic rings. The second-order valence-corrected chi connectivity index (χ2v) is 9.09. The van der Waals surface area contributed by atoms with Crippen molar-refractivity contribution < 1.29 is 19.1 Å². The van der Waals surface area contributed by atoms with Crippen LogP contribution in [-0.2, 0) is 25.5 Å². The van der Waals surface area contributed by atoms with Gasteiger partial charge in [0.1, 0.15) is 0 Å². The number of benzene rings is 2. The molecule has 0 aliphatic heterocycles. The summed E-state index contributed by atoms with van der Waals surface area (Å²) in [6.45, 7) is 8.22. The van der Waals surface area contributed by atoms with Gasteiger partial charge < -0.3 is 9.47 Å². The topological polar surface area (TPSA) is 52.6 Å². The van der Waals surface area contributed by atoms with Gasteiger partial charge in [-0.2, -0.15) is 0 Å². The number of aryl methyl sites for hydroxylation is 2. The van der Waals surface area contributed by atoms with Crippen LogP contribution in [0.5, 0.6) is 0 Å². The van der Waals surface area contributed by atoms with E-state index in [1.54, 1.807) is 6.92 Å². The highest BCUT2D eigenvalue weighted by Gasteiger charge is 2.46. The number of carbonyl (C=O) groups is 2. The van der Waals surface area contributed by atoms with Crippen LogP contribution in [0.4, 0.5) is 0 Å². The van der Waals surface area contributed by atoms with E-state index in [4.69, 9.17) is 21.1 Å². The SMILES string of the molecule is CCOC(=O)C1(OC(=O)Cc2cc(C)c(-c3ccc(Cl)cc3)cc2C)CCC(C)CC1. The molecule has 1 fully saturated rings. The van der Waals surface area contributed by atoms with Crippen molar-refractivity contribution in [3.63, 3.8) is 0 Å². The molecule has 166 valence electrons. The molecule has 0 heterocycles. The number of rotatable bonds is 6. The normalized spacial score (nSPS) is 20.9. The van der Waals surface area contributed by atoms with E-state index in [-0.39, 0.29) is 19.0 Å². The molecule has 0 amide bonds. The first-order valence-corrected chi connectivity index (χ1v) is 11.4. The van der Waals surface area contributed by atoms with Crippen LogP contribution in [0.2, 0.25) is 5.02 Å². The lowest BCUT2D eigenvalue weighted by Crippen LogP contribution is -2.47. The fourth-order valence-electron chi connectivity index (χ4n) is 4.26.